The zero-order chi connectivity index (χ0) is 9.14. The van der Waals surface area contributed by atoms with E-state index < -0.39 is 11.9 Å². The predicted molar refractivity (Wildman–Crippen MR) is 40.3 cm³/mol. The topological polar surface area (TPSA) is 89.8 Å². The van der Waals surface area contributed by atoms with E-state index in [0.29, 0.717) is 0 Å². The van der Waals surface area contributed by atoms with Gasteiger partial charge in [-0.05, 0) is 12.2 Å². The van der Waals surface area contributed by atoms with Gasteiger partial charge >= 0.3 is 5.97 Å². The third-order valence-corrected chi connectivity index (χ3v) is 1.31. The molecule has 1 rings (SSSR count). The van der Waals surface area contributed by atoms with Crippen LogP contribution in [-0.4, -0.2) is 21.3 Å². The van der Waals surface area contributed by atoms with Crippen LogP contribution in [0.5, 0.6) is 0 Å². The molecule has 0 saturated carbocycles. The monoisotopic (exact) mass is 169 g/mol. The van der Waals surface area contributed by atoms with E-state index in [1.165, 1.54) is 18.4 Å². The largest absolute Gasteiger partial charge is 0.480 e. The predicted octanol–water partition coefficient (Wildman–Crippen LogP) is 0.399. The Morgan fingerprint density at radius 3 is 2.42 bits per heavy atom. The first-order valence-electron chi connectivity index (χ1n) is 3.12. The summed E-state index contributed by atoms with van der Waals surface area (Å²) in [6.07, 6.45) is 4.12. The molecule has 12 heavy (non-hydrogen) atoms. The molecule has 64 valence electrons. The van der Waals surface area contributed by atoms with E-state index in [-0.39, 0.29) is 11.3 Å². The summed E-state index contributed by atoms with van der Waals surface area (Å²) in [6.45, 7) is 0. The standard InChI is InChI=1S/C7H7NO4/c9-6(10)4-2-1-3-8-5(4)7(11)12/h1-3,8,11-12H,(H,9,10). The molecule has 0 atom stereocenters. The number of aliphatic carboxylic acids is 1. The van der Waals surface area contributed by atoms with Crippen molar-refractivity contribution in [3.63, 3.8) is 0 Å². The van der Waals surface area contributed by atoms with Crippen molar-refractivity contribution < 1.29 is 20.1 Å². The number of aliphatic hydroxyl groups excluding tert-OH is 1. The van der Waals surface area contributed by atoms with Crippen molar-refractivity contribution >= 4 is 5.97 Å². The molecule has 0 fully saturated rings. The van der Waals surface area contributed by atoms with Gasteiger partial charge in [-0.3, -0.25) is 0 Å². The molecular formula is C7H7NO4. The smallest absolute Gasteiger partial charge is 0.338 e. The Morgan fingerprint density at radius 1 is 1.33 bits per heavy atom. The van der Waals surface area contributed by atoms with Gasteiger partial charge in [-0.2, -0.15) is 0 Å². The highest BCUT2D eigenvalue weighted by Gasteiger charge is 2.18. The third kappa shape index (κ3) is 1.39. The SMILES string of the molecule is O=C(O)C1=CC=CNC1=C(O)O. The number of dihydropyridines is 1. The summed E-state index contributed by atoms with van der Waals surface area (Å²) in [7, 11) is 0. The Morgan fingerprint density at radius 2 is 2.00 bits per heavy atom. The molecule has 0 unspecified atom stereocenters. The lowest BCUT2D eigenvalue weighted by molar-refractivity contribution is -0.132. The van der Waals surface area contributed by atoms with Crippen LogP contribution >= 0.6 is 0 Å². The summed E-state index contributed by atoms with van der Waals surface area (Å²) in [5.41, 5.74) is -0.387. The van der Waals surface area contributed by atoms with Gasteiger partial charge in [0, 0.05) is 6.20 Å². The Labute approximate surface area is 67.9 Å². The minimum atomic E-state index is -1.22. The van der Waals surface area contributed by atoms with Gasteiger partial charge in [-0.1, -0.05) is 0 Å². The maximum atomic E-state index is 10.5. The molecule has 0 aromatic carbocycles. The van der Waals surface area contributed by atoms with Gasteiger partial charge in [0.2, 0.25) is 0 Å². The van der Waals surface area contributed by atoms with E-state index in [1.807, 2.05) is 0 Å². The fourth-order valence-electron chi connectivity index (χ4n) is 0.800. The van der Waals surface area contributed by atoms with Gasteiger partial charge in [0.25, 0.3) is 5.95 Å². The van der Waals surface area contributed by atoms with Gasteiger partial charge in [-0.15, -0.1) is 0 Å². The van der Waals surface area contributed by atoms with Crippen LogP contribution in [0.3, 0.4) is 0 Å². The third-order valence-electron chi connectivity index (χ3n) is 1.31. The van der Waals surface area contributed by atoms with Crippen LogP contribution in [0.15, 0.2) is 35.6 Å². The van der Waals surface area contributed by atoms with Crippen molar-refractivity contribution in [3.8, 4) is 0 Å². The van der Waals surface area contributed by atoms with E-state index in [1.54, 1.807) is 0 Å². The van der Waals surface area contributed by atoms with Crippen molar-refractivity contribution in [1.29, 1.82) is 0 Å². The van der Waals surface area contributed by atoms with Crippen molar-refractivity contribution in [1.82, 2.24) is 5.32 Å². The average molecular weight is 169 g/mol. The van der Waals surface area contributed by atoms with Crippen molar-refractivity contribution in [2.75, 3.05) is 0 Å². The summed E-state index contributed by atoms with van der Waals surface area (Å²) in [5, 5.41) is 28.2. The molecule has 4 N–H and O–H groups in total. The molecule has 5 nitrogen and oxygen atoms in total. The summed E-state index contributed by atoms with van der Waals surface area (Å²) in [4.78, 5) is 10.5. The lowest BCUT2D eigenvalue weighted by Gasteiger charge is -2.10. The minimum Gasteiger partial charge on any atom is -0.480 e. The number of hydrogen-bond acceptors (Lipinski definition) is 4. The fourth-order valence-corrected chi connectivity index (χ4v) is 0.800. The number of aliphatic hydroxyl groups is 2. The van der Waals surface area contributed by atoms with Gasteiger partial charge in [0.1, 0.15) is 5.70 Å². The molecule has 0 radical (unpaired) electrons. The zero-order valence-electron chi connectivity index (χ0n) is 5.98. The van der Waals surface area contributed by atoms with E-state index in [4.69, 9.17) is 15.3 Å². The second-order valence-corrected chi connectivity index (χ2v) is 2.09. The molecule has 1 aliphatic heterocycles. The first kappa shape index (κ1) is 8.19. The molecular weight excluding hydrogens is 162 g/mol. The first-order chi connectivity index (χ1) is 5.63. The molecule has 0 saturated heterocycles. The van der Waals surface area contributed by atoms with E-state index in [2.05, 4.69) is 5.32 Å². The molecule has 0 bridgehead atoms. The van der Waals surface area contributed by atoms with Crippen LogP contribution in [0, 0.1) is 0 Å². The Balaban J connectivity index is 3.09. The van der Waals surface area contributed by atoms with Gasteiger partial charge in [0.15, 0.2) is 0 Å². The second kappa shape index (κ2) is 3.00. The molecule has 1 aliphatic rings. The second-order valence-electron chi connectivity index (χ2n) is 2.09. The van der Waals surface area contributed by atoms with Crippen molar-refractivity contribution in [2.24, 2.45) is 0 Å². The molecule has 0 aliphatic carbocycles. The normalized spacial score (nSPS) is 15.0. The fraction of sp³-hybridized carbons (Fsp3) is 0. The lowest BCUT2D eigenvalue weighted by atomic mass is 10.1. The zero-order valence-corrected chi connectivity index (χ0v) is 5.98. The highest BCUT2D eigenvalue weighted by atomic mass is 16.5. The lowest BCUT2D eigenvalue weighted by Crippen LogP contribution is -2.18. The number of nitrogens with one attached hydrogen (secondary N) is 1. The maximum absolute atomic E-state index is 10.5. The van der Waals surface area contributed by atoms with Gasteiger partial charge < -0.3 is 20.6 Å². The number of carboxylic acid groups (broad SMARTS) is 1. The molecule has 0 aromatic rings. The summed E-state index contributed by atoms with van der Waals surface area (Å²) < 4.78 is 0. The highest BCUT2D eigenvalue weighted by molar-refractivity contribution is 5.92. The quantitative estimate of drug-likeness (QED) is 0.426. The number of allylic oxidation sites excluding steroid dienone is 2. The van der Waals surface area contributed by atoms with Crippen molar-refractivity contribution in [2.45, 2.75) is 0 Å². The molecule has 5 heteroatoms. The van der Waals surface area contributed by atoms with Crippen LogP contribution in [0.4, 0.5) is 0 Å². The van der Waals surface area contributed by atoms with Crippen LogP contribution in [-0.2, 0) is 4.79 Å². The molecule has 1 heterocycles. The summed E-state index contributed by atoms with van der Waals surface area (Å²) >= 11 is 0. The van der Waals surface area contributed by atoms with Crippen LogP contribution in [0.1, 0.15) is 0 Å². The van der Waals surface area contributed by atoms with E-state index in [9.17, 15) is 4.79 Å². The Kier molecular flexibility index (Phi) is 2.05. The van der Waals surface area contributed by atoms with Crippen molar-refractivity contribution in [3.05, 3.63) is 35.6 Å². The highest BCUT2D eigenvalue weighted by Crippen LogP contribution is 2.12. The first-order valence-corrected chi connectivity index (χ1v) is 3.12. The van der Waals surface area contributed by atoms with Crippen LogP contribution in [0.25, 0.3) is 0 Å². The van der Waals surface area contributed by atoms with Crippen LogP contribution in [0.2, 0.25) is 0 Å². The number of carboxylic acids is 1. The Hall–Kier alpha value is -1.91. The summed E-state index contributed by atoms with van der Waals surface area (Å²) in [5.74, 6) is -2.25. The number of carbonyl (C=O) groups is 1. The molecule has 0 spiro atoms. The van der Waals surface area contributed by atoms with Crippen LogP contribution < -0.4 is 5.32 Å². The van der Waals surface area contributed by atoms with E-state index in [0.717, 1.165) is 0 Å². The minimum absolute atomic E-state index is 0.183. The van der Waals surface area contributed by atoms with Gasteiger partial charge in [-0.25, -0.2) is 4.79 Å². The number of rotatable bonds is 1. The van der Waals surface area contributed by atoms with Gasteiger partial charge in [0.05, 0.1) is 5.57 Å². The molecule has 0 amide bonds. The van der Waals surface area contributed by atoms with E-state index >= 15 is 0 Å². The number of hydrogen-bond donors (Lipinski definition) is 4. The summed E-state index contributed by atoms with van der Waals surface area (Å²) in [6, 6.07) is 0. The maximum Gasteiger partial charge on any atom is 0.338 e. The Bertz CT molecular complexity index is 297. The average Bonchev–Trinajstić information content (AvgIpc) is 2.04. The molecule has 0 aromatic heterocycles.